The van der Waals surface area contributed by atoms with Gasteiger partial charge in [-0.25, -0.2) is 9.97 Å². The number of hydrogen-bond donors (Lipinski definition) is 0. The molecule has 0 aromatic carbocycles. The molecule has 0 bridgehead atoms. The highest BCUT2D eigenvalue weighted by molar-refractivity contribution is 9.10. The van der Waals surface area contributed by atoms with Crippen molar-refractivity contribution in [2.45, 2.75) is 0 Å². The number of nitrogens with zero attached hydrogens (tertiary/aromatic N) is 2. The van der Waals surface area contributed by atoms with Crippen LogP contribution in [0.2, 0.25) is 5.15 Å². The lowest BCUT2D eigenvalue weighted by Crippen LogP contribution is -1.87. The summed E-state index contributed by atoms with van der Waals surface area (Å²) in [4.78, 5) is 8.14. The first-order chi connectivity index (χ1) is 6.27. The van der Waals surface area contributed by atoms with Gasteiger partial charge in [0, 0.05) is 6.20 Å². The van der Waals surface area contributed by atoms with Crippen molar-refractivity contribution >= 4 is 27.5 Å². The van der Waals surface area contributed by atoms with Crippen LogP contribution >= 0.6 is 27.5 Å². The van der Waals surface area contributed by atoms with Gasteiger partial charge in [0.1, 0.15) is 11.4 Å². The maximum absolute atomic E-state index is 5.80. The summed E-state index contributed by atoms with van der Waals surface area (Å²) in [5.41, 5.74) is 0.814. The molecular formula is C8H4BrClN2O. The highest BCUT2D eigenvalue weighted by Crippen LogP contribution is 2.22. The summed E-state index contributed by atoms with van der Waals surface area (Å²) in [5, 5.41) is 0.395. The van der Waals surface area contributed by atoms with Crippen LogP contribution < -0.4 is 0 Å². The van der Waals surface area contributed by atoms with Crippen LogP contribution in [0.3, 0.4) is 0 Å². The molecule has 2 aromatic heterocycles. The fraction of sp³-hybridized carbons (Fsp3) is 0. The fourth-order valence-electron chi connectivity index (χ4n) is 0.877. The van der Waals surface area contributed by atoms with Gasteiger partial charge in [-0.1, -0.05) is 11.6 Å². The summed E-state index contributed by atoms with van der Waals surface area (Å²) < 4.78 is 5.59. The molecule has 0 saturated heterocycles. The lowest BCUT2D eigenvalue weighted by molar-refractivity contribution is 0.568. The molecule has 0 aliphatic rings. The second-order valence-electron chi connectivity index (χ2n) is 2.34. The van der Waals surface area contributed by atoms with E-state index in [4.69, 9.17) is 16.0 Å². The maximum Gasteiger partial charge on any atom is 0.164 e. The van der Waals surface area contributed by atoms with Crippen LogP contribution in [-0.2, 0) is 0 Å². The van der Waals surface area contributed by atoms with Crippen molar-refractivity contribution in [3.8, 4) is 11.4 Å². The first-order valence-electron chi connectivity index (χ1n) is 3.48. The number of hydrogen-bond acceptors (Lipinski definition) is 3. The van der Waals surface area contributed by atoms with Gasteiger partial charge in [0.25, 0.3) is 0 Å². The average molecular weight is 259 g/mol. The van der Waals surface area contributed by atoms with Crippen LogP contribution in [0.4, 0.5) is 0 Å². The molecule has 0 saturated carbocycles. The molecular weight excluding hydrogens is 255 g/mol. The van der Waals surface area contributed by atoms with Crippen molar-refractivity contribution < 1.29 is 4.42 Å². The monoisotopic (exact) mass is 258 g/mol. The molecule has 13 heavy (non-hydrogen) atoms. The van der Waals surface area contributed by atoms with Gasteiger partial charge >= 0.3 is 0 Å². The van der Waals surface area contributed by atoms with Gasteiger partial charge in [0.2, 0.25) is 0 Å². The van der Waals surface area contributed by atoms with E-state index in [1.54, 1.807) is 24.8 Å². The zero-order valence-electron chi connectivity index (χ0n) is 6.37. The van der Waals surface area contributed by atoms with Crippen LogP contribution in [0, 0.1) is 0 Å². The highest BCUT2D eigenvalue weighted by Gasteiger charge is 2.05. The molecule has 0 unspecified atom stereocenters. The van der Waals surface area contributed by atoms with E-state index in [1.165, 1.54) is 0 Å². The molecule has 2 rings (SSSR count). The predicted molar refractivity (Wildman–Crippen MR) is 52.4 cm³/mol. The van der Waals surface area contributed by atoms with E-state index in [1.807, 2.05) is 0 Å². The molecule has 3 nitrogen and oxygen atoms in total. The van der Waals surface area contributed by atoms with Crippen LogP contribution in [-0.4, -0.2) is 9.97 Å². The van der Waals surface area contributed by atoms with Gasteiger partial charge in [0.15, 0.2) is 5.82 Å². The van der Waals surface area contributed by atoms with E-state index in [0.717, 1.165) is 5.56 Å². The average Bonchev–Trinajstić information content (AvgIpc) is 2.62. The molecule has 5 heteroatoms. The Morgan fingerprint density at radius 2 is 2.31 bits per heavy atom. The van der Waals surface area contributed by atoms with Crippen LogP contribution in [0.25, 0.3) is 11.4 Å². The highest BCUT2D eigenvalue weighted by atomic mass is 79.9. The number of rotatable bonds is 1. The molecule has 0 atom stereocenters. The van der Waals surface area contributed by atoms with Crippen molar-refractivity contribution in [2.24, 2.45) is 0 Å². The molecule has 0 amide bonds. The minimum absolute atomic E-state index is 0.395. The molecule has 2 heterocycles. The van der Waals surface area contributed by atoms with E-state index in [0.29, 0.717) is 15.5 Å². The Hall–Kier alpha value is -0.870. The van der Waals surface area contributed by atoms with Crippen LogP contribution in [0.5, 0.6) is 0 Å². The molecule has 0 aliphatic heterocycles. The Morgan fingerprint density at radius 1 is 1.46 bits per heavy atom. The third kappa shape index (κ3) is 1.73. The molecule has 66 valence electrons. The first-order valence-corrected chi connectivity index (χ1v) is 4.65. The Labute approximate surface area is 87.9 Å². The summed E-state index contributed by atoms with van der Waals surface area (Å²) in [6, 6.07) is 1.78. The predicted octanol–water partition coefficient (Wildman–Crippen LogP) is 3.15. The van der Waals surface area contributed by atoms with Crippen LogP contribution in [0.15, 0.2) is 33.7 Å². The van der Waals surface area contributed by atoms with Crippen molar-refractivity contribution in [1.82, 2.24) is 9.97 Å². The fourth-order valence-corrected chi connectivity index (χ4v) is 1.20. The van der Waals surface area contributed by atoms with Gasteiger partial charge in [-0.3, -0.25) is 0 Å². The summed E-state index contributed by atoms with van der Waals surface area (Å²) in [7, 11) is 0. The van der Waals surface area contributed by atoms with Gasteiger partial charge < -0.3 is 4.42 Å². The lowest BCUT2D eigenvalue weighted by atomic mass is 10.3. The van der Waals surface area contributed by atoms with E-state index in [-0.39, 0.29) is 0 Å². The smallest absolute Gasteiger partial charge is 0.164 e. The summed E-state index contributed by atoms with van der Waals surface area (Å²) >= 11 is 9.01. The minimum Gasteiger partial charge on any atom is -0.472 e. The Kier molecular flexibility index (Phi) is 2.33. The van der Waals surface area contributed by atoms with Gasteiger partial charge in [-0.2, -0.15) is 0 Å². The third-order valence-corrected chi connectivity index (χ3v) is 2.58. The zero-order chi connectivity index (χ0) is 9.26. The Bertz CT molecular complexity index is 416. The van der Waals surface area contributed by atoms with E-state index >= 15 is 0 Å². The quantitative estimate of drug-likeness (QED) is 0.739. The maximum atomic E-state index is 5.80. The SMILES string of the molecule is Clc1nc(-c2ccoc2)ncc1Br. The van der Waals surface area contributed by atoms with E-state index in [9.17, 15) is 0 Å². The Morgan fingerprint density at radius 3 is 2.92 bits per heavy atom. The molecule has 0 N–H and O–H groups in total. The molecule has 0 fully saturated rings. The third-order valence-electron chi connectivity index (χ3n) is 1.48. The molecule has 0 spiro atoms. The minimum atomic E-state index is 0.395. The van der Waals surface area contributed by atoms with E-state index in [2.05, 4.69) is 25.9 Å². The topological polar surface area (TPSA) is 38.9 Å². The van der Waals surface area contributed by atoms with Crippen molar-refractivity contribution in [3.63, 3.8) is 0 Å². The summed E-state index contributed by atoms with van der Waals surface area (Å²) in [5.74, 6) is 0.557. The number of halogens is 2. The normalized spacial score (nSPS) is 10.3. The van der Waals surface area contributed by atoms with Gasteiger partial charge in [-0.05, 0) is 22.0 Å². The second-order valence-corrected chi connectivity index (χ2v) is 3.56. The Balaban J connectivity index is 2.49. The second kappa shape index (κ2) is 3.47. The van der Waals surface area contributed by atoms with Gasteiger partial charge in [0.05, 0.1) is 16.3 Å². The summed E-state index contributed by atoms with van der Waals surface area (Å²) in [6.45, 7) is 0. The van der Waals surface area contributed by atoms with Crippen LogP contribution in [0.1, 0.15) is 0 Å². The molecule has 0 radical (unpaired) electrons. The standard InChI is InChI=1S/C8H4BrClN2O/c9-6-3-11-8(12-7(6)10)5-1-2-13-4-5/h1-4H. The largest absolute Gasteiger partial charge is 0.472 e. The van der Waals surface area contributed by atoms with Gasteiger partial charge in [-0.15, -0.1) is 0 Å². The molecule has 2 aromatic rings. The summed E-state index contributed by atoms with van der Waals surface area (Å²) in [6.07, 6.45) is 4.74. The molecule has 0 aliphatic carbocycles. The van der Waals surface area contributed by atoms with Crippen molar-refractivity contribution in [2.75, 3.05) is 0 Å². The first kappa shape index (κ1) is 8.72. The van der Waals surface area contributed by atoms with E-state index < -0.39 is 0 Å². The van der Waals surface area contributed by atoms with Crippen molar-refractivity contribution in [1.29, 1.82) is 0 Å². The number of furan rings is 1. The lowest BCUT2D eigenvalue weighted by Gasteiger charge is -1.97. The zero-order valence-corrected chi connectivity index (χ0v) is 8.71. The number of aromatic nitrogens is 2. The van der Waals surface area contributed by atoms with Crippen molar-refractivity contribution in [3.05, 3.63) is 34.4 Å².